The number of nitrogens with zero attached hydrogens (tertiary/aromatic N) is 1. The molecule has 7 heteroatoms. The van der Waals surface area contributed by atoms with E-state index in [9.17, 15) is 13.2 Å². The lowest BCUT2D eigenvalue weighted by atomic mass is 10.2. The van der Waals surface area contributed by atoms with E-state index in [4.69, 9.17) is 4.74 Å². The summed E-state index contributed by atoms with van der Waals surface area (Å²) in [6.07, 6.45) is 3.75. The average molecular weight is 354 g/mol. The lowest BCUT2D eigenvalue weighted by molar-refractivity contribution is -0.123. The van der Waals surface area contributed by atoms with Crippen LogP contribution in [0.1, 0.15) is 39.5 Å². The molecule has 0 radical (unpaired) electrons. The molecule has 1 amide bonds. The number of carbonyl (C=O) groups excluding carboxylic acids is 1. The fraction of sp³-hybridized carbons (Fsp3) is 0.588. The maximum atomic E-state index is 12.4. The van der Waals surface area contributed by atoms with Crippen molar-refractivity contribution in [2.24, 2.45) is 0 Å². The topological polar surface area (TPSA) is 75.7 Å². The van der Waals surface area contributed by atoms with E-state index in [0.29, 0.717) is 18.8 Å². The Balaban J connectivity index is 1.89. The van der Waals surface area contributed by atoms with Gasteiger partial charge in [-0.05, 0) is 50.5 Å². The van der Waals surface area contributed by atoms with E-state index in [1.54, 1.807) is 12.1 Å². The van der Waals surface area contributed by atoms with Crippen LogP contribution in [-0.4, -0.2) is 44.4 Å². The van der Waals surface area contributed by atoms with E-state index in [0.717, 1.165) is 25.7 Å². The lowest BCUT2D eigenvalue weighted by Gasteiger charge is -2.16. The Labute approximate surface area is 144 Å². The number of benzene rings is 1. The molecule has 1 aliphatic heterocycles. The van der Waals surface area contributed by atoms with Gasteiger partial charge < -0.3 is 10.1 Å². The number of hydrogen-bond acceptors (Lipinski definition) is 4. The van der Waals surface area contributed by atoms with Crippen LogP contribution >= 0.6 is 0 Å². The minimum absolute atomic E-state index is 0.0771. The first-order valence-electron chi connectivity index (χ1n) is 8.46. The predicted octanol–water partition coefficient (Wildman–Crippen LogP) is 2.15. The van der Waals surface area contributed by atoms with Crippen LogP contribution in [0.3, 0.4) is 0 Å². The first kappa shape index (κ1) is 18.7. The monoisotopic (exact) mass is 354 g/mol. The summed E-state index contributed by atoms with van der Waals surface area (Å²) in [5.41, 5.74) is 0. The summed E-state index contributed by atoms with van der Waals surface area (Å²) in [4.78, 5) is 12.0. The van der Waals surface area contributed by atoms with E-state index < -0.39 is 10.0 Å². The van der Waals surface area contributed by atoms with E-state index in [-0.39, 0.29) is 23.5 Å². The highest BCUT2D eigenvalue weighted by molar-refractivity contribution is 7.89. The van der Waals surface area contributed by atoms with Crippen LogP contribution in [0.15, 0.2) is 29.2 Å². The van der Waals surface area contributed by atoms with Crippen molar-refractivity contribution in [2.45, 2.75) is 50.5 Å². The number of ether oxygens (including phenoxy) is 1. The summed E-state index contributed by atoms with van der Waals surface area (Å²) < 4.78 is 31.8. The third-order valence-electron chi connectivity index (χ3n) is 4.03. The van der Waals surface area contributed by atoms with E-state index in [2.05, 4.69) is 12.2 Å². The van der Waals surface area contributed by atoms with Gasteiger partial charge in [0.25, 0.3) is 5.91 Å². The van der Waals surface area contributed by atoms with Gasteiger partial charge in [0.15, 0.2) is 6.61 Å². The molecule has 2 rings (SSSR count). The number of rotatable bonds is 8. The van der Waals surface area contributed by atoms with Gasteiger partial charge in [-0.1, -0.05) is 13.3 Å². The Morgan fingerprint density at radius 2 is 1.88 bits per heavy atom. The fourth-order valence-corrected chi connectivity index (χ4v) is 4.27. The van der Waals surface area contributed by atoms with Crippen molar-refractivity contribution in [3.05, 3.63) is 24.3 Å². The van der Waals surface area contributed by atoms with Gasteiger partial charge in [-0.15, -0.1) is 0 Å². The molecule has 0 bridgehead atoms. The maximum absolute atomic E-state index is 12.4. The van der Waals surface area contributed by atoms with Crippen molar-refractivity contribution >= 4 is 15.9 Å². The quantitative estimate of drug-likeness (QED) is 0.776. The summed E-state index contributed by atoms with van der Waals surface area (Å²) in [5.74, 6) is 0.304. The zero-order chi connectivity index (χ0) is 17.6. The van der Waals surface area contributed by atoms with E-state index in [1.807, 2.05) is 6.92 Å². The standard InChI is InChI=1S/C17H26N2O4S/c1-3-6-14(2)18-17(20)13-23-15-7-9-16(10-8-15)24(21,22)19-11-4-5-12-19/h7-10,14H,3-6,11-13H2,1-2H3,(H,18,20). The van der Waals surface area contributed by atoms with Gasteiger partial charge >= 0.3 is 0 Å². The summed E-state index contributed by atoms with van der Waals surface area (Å²) in [6.45, 7) is 5.11. The molecule has 0 saturated carbocycles. The van der Waals surface area contributed by atoms with Crippen LogP contribution in [0.4, 0.5) is 0 Å². The van der Waals surface area contributed by atoms with Gasteiger partial charge in [-0.2, -0.15) is 4.31 Å². The molecule has 24 heavy (non-hydrogen) atoms. The van der Waals surface area contributed by atoms with Gasteiger partial charge in [-0.3, -0.25) is 4.79 Å². The first-order valence-corrected chi connectivity index (χ1v) is 9.90. The number of carbonyl (C=O) groups is 1. The number of hydrogen-bond donors (Lipinski definition) is 1. The molecule has 1 N–H and O–H groups in total. The molecule has 1 aromatic carbocycles. The molecule has 1 aromatic rings. The first-order chi connectivity index (χ1) is 11.4. The Kier molecular flexibility index (Phi) is 6.62. The molecule has 1 fully saturated rings. The average Bonchev–Trinajstić information content (AvgIpc) is 3.09. The summed E-state index contributed by atoms with van der Waals surface area (Å²) >= 11 is 0. The lowest BCUT2D eigenvalue weighted by Crippen LogP contribution is -2.35. The van der Waals surface area contributed by atoms with Crippen molar-refractivity contribution in [1.82, 2.24) is 9.62 Å². The summed E-state index contributed by atoms with van der Waals surface area (Å²) in [5, 5.41) is 2.86. The molecular weight excluding hydrogens is 328 g/mol. The molecule has 1 unspecified atom stereocenters. The molecule has 0 aromatic heterocycles. The molecule has 0 spiro atoms. The van der Waals surface area contributed by atoms with Crippen LogP contribution in [0.5, 0.6) is 5.75 Å². The molecule has 1 saturated heterocycles. The SMILES string of the molecule is CCCC(C)NC(=O)COc1ccc(S(=O)(=O)N2CCCC2)cc1. The van der Waals surface area contributed by atoms with Gasteiger partial charge in [0, 0.05) is 19.1 Å². The molecular formula is C17H26N2O4S. The van der Waals surface area contributed by atoms with Crippen molar-refractivity contribution in [1.29, 1.82) is 0 Å². The summed E-state index contributed by atoms with van der Waals surface area (Å²) in [6, 6.07) is 6.36. The second kappa shape index (κ2) is 8.48. The largest absolute Gasteiger partial charge is 0.484 e. The van der Waals surface area contributed by atoms with Gasteiger partial charge in [0.1, 0.15) is 5.75 Å². The molecule has 1 aliphatic rings. The number of nitrogens with one attached hydrogen (secondary N) is 1. The molecule has 6 nitrogen and oxygen atoms in total. The zero-order valence-electron chi connectivity index (χ0n) is 14.3. The van der Waals surface area contributed by atoms with Crippen LogP contribution in [-0.2, 0) is 14.8 Å². The van der Waals surface area contributed by atoms with Gasteiger partial charge in [0.05, 0.1) is 4.90 Å². The third-order valence-corrected chi connectivity index (χ3v) is 5.94. The smallest absolute Gasteiger partial charge is 0.258 e. The number of amides is 1. The Morgan fingerprint density at radius 3 is 2.46 bits per heavy atom. The predicted molar refractivity (Wildman–Crippen MR) is 92.4 cm³/mol. The van der Waals surface area contributed by atoms with Crippen LogP contribution in [0, 0.1) is 0 Å². The molecule has 1 heterocycles. The molecule has 1 atom stereocenters. The Morgan fingerprint density at radius 1 is 1.25 bits per heavy atom. The van der Waals surface area contributed by atoms with Crippen LogP contribution in [0.2, 0.25) is 0 Å². The van der Waals surface area contributed by atoms with Crippen molar-refractivity contribution < 1.29 is 17.9 Å². The van der Waals surface area contributed by atoms with E-state index >= 15 is 0 Å². The molecule has 134 valence electrons. The fourth-order valence-electron chi connectivity index (χ4n) is 2.76. The highest BCUT2D eigenvalue weighted by Crippen LogP contribution is 2.22. The highest BCUT2D eigenvalue weighted by Gasteiger charge is 2.26. The van der Waals surface area contributed by atoms with Crippen LogP contribution in [0.25, 0.3) is 0 Å². The minimum atomic E-state index is -3.41. The third kappa shape index (κ3) is 4.95. The van der Waals surface area contributed by atoms with Crippen molar-refractivity contribution in [3.8, 4) is 5.75 Å². The van der Waals surface area contributed by atoms with E-state index in [1.165, 1.54) is 16.4 Å². The molecule has 0 aliphatic carbocycles. The van der Waals surface area contributed by atoms with Gasteiger partial charge in [-0.25, -0.2) is 8.42 Å². The second-order valence-corrected chi connectivity index (χ2v) is 8.07. The zero-order valence-corrected chi connectivity index (χ0v) is 15.1. The van der Waals surface area contributed by atoms with Crippen molar-refractivity contribution in [2.75, 3.05) is 19.7 Å². The normalized spacial score (nSPS) is 16.8. The number of sulfonamides is 1. The second-order valence-electron chi connectivity index (χ2n) is 6.13. The van der Waals surface area contributed by atoms with Crippen molar-refractivity contribution in [3.63, 3.8) is 0 Å². The highest BCUT2D eigenvalue weighted by atomic mass is 32.2. The van der Waals surface area contributed by atoms with Crippen LogP contribution < -0.4 is 10.1 Å². The minimum Gasteiger partial charge on any atom is -0.484 e. The Hall–Kier alpha value is -1.60. The summed E-state index contributed by atoms with van der Waals surface area (Å²) in [7, 11) is -3.41. The maximum Gasteiger partial charge on any atom is 0.258 e. The van der Waals surface area contributed by atoms with Gasteiger partial charge in [0.2, 0.25) is 10.0 Å². The Bertz CT molecular complexity index is 637.